The van der Waals surface area contributed by atoms with Gasteiger partial charge in [-0.25, -0.2) is 14.5 Å². The zero-order chi connectivity index (χ0) is 22.8. The van der Waals surface area contributed by atoms with E-state index in [0.717, 1.165) is 11.3 Å². The third-order valence-corrected chi connectivity index (χ3v) is 5.53. The van der Waals surface area contributed by atoms with Crippen LogP contribution in [0.2, 0.25) is 5.02 Å². The van der Waals surface area contributed by atoms with Crippen molar-refractivity contribution in [2.75, 3.05) is 6.61 Å². The lowest BCUT2D eigenvalue weighted by atomic mass is 10.1. The fourth-order valence-corrected chi connectivity index (χ4v) is 3.91. The highest BCUT2D eigenvalue weighted by atomic mass is 35.5. The second-order valence-corrected chi connectivity index (χ2v) is 7.92. The number of furan rings is 1. The maximum absolute atomic E-state index is 12.3. The third kappa shape index (κ3) is 4.12. The minimum absolute atomic E-state index is 0.124. The van der Waals surface area contributed by atoms with E-state index in [2.05, 4.69) is 25.3 Å². The van der Waals surface area contributed by atoms with Gasteiger partial charge in [0.2, 0.25) is 15.5 Å². The molecule has 1 aromatic carbocycles. The Bertz CT molecular complexity index is 1460. The van der Waals surface area contributed by atoms with Gasteiger partial charge < -0.3 is 14.1 Å². The van der Waals surface area contributed by atoms with E-state index in [1.165, 1.54) is 11.0 Å². The summed E-state index contributed by atoms with van der Waals surface area (Å²) >= 11 is 7.01. The standard InChI is InChI=1S/C20H17ClN6O4S/c1-4-30-19(29)18-26-27(13-7-5-12(21)6-8-13)20(32-18)25-24-10(2)14-11(3)31-17-15(14)16(28)22-9-23-17/h5-9H,4H2,1-3H3,(H,22,23,28)/b24-10-,25-20-. The molecule has 3 heterocycles. The van der Waals surface area contributed by atoms with Crippen molar-refractivity contribution in [1.82, 2.24) is 19.7 Å². The minimum atomic E-state index is -0.559. The molecular formula is C20H17ClN6O4S. The van der Waals surface area contributed by atoms with Crippen molar-refractivity contribution in [2.45, 2.75) is 20.8 Å². The number of ether oxygens (including phenoxy) is 1. The van der Waals surface area contributed by atoms with Crippen molar-refractivity contribution < 1.29 is 13.9 Å². The molecule has 3 aromatic heterocycles. The summed E-state index contributed by atoms with van der Waals surface area (Å²) in [6.45, 7) is 5.35. The lowest BCUT2D eigenvalue weighted by Crippen LogP contribution is -2.14. The first-order chi connectivity index (χ1) is 15.4. The molecule has 0 radical (unpaired) electrons. The molecule has 0 unspecified atom stereocenters. The van der Waals surface area contributed by atoms with Crippen LogP contribution in [0.3, 0.4) is 0 Å². The van der Waals surface area contributed by atoms with Crippen LogP contribution in [-0.2, 0) is 4.74 Å². The van der Waals surface area contributed by atoms with Crippen LogP contribution < -0.4 is 10.4 Å². The molecule has 10 nitrogen and oxygen atoms in total. The quantitative estimate of drug-likeness (QED) is 0.270. The molecule has 0 saturated carbocycles. The predicted octanol–water partition coefficient (Wildman–Crippen LogP) is 3.23. The molecule has 0 aliphatic carbocycles. The lowest BCUT2D eigenvalue weighted by molar-refractivity contribution is 0.0524. The SMILES string of the molecule is CCOC(=O)c1nn(-c2ccc(Cl)cc2)/c(=N/N=C(/C)c2c(C)oc3nc[nH]c(=O)c23)s1. The van der Waals surface area contributed by atoms with Crippen molar-refractivity contribution in [3.63, 3.8) is 0 Å². The molecule has 0 aliphatic rings. The molecule has 0 saturated heterocycles. The zero-order valence-corrected chi connectivity index (χ0v) is 18.8. The smallest absolute Gasteiger partial charge is 0.369 e. The molecule has 1 N–H and O–H groups in total. The number of fused-ring (bicyclic) bond motifs is 1. The Hall–Kier alpha value is -3.57. The maximum Gasteiger partial charge on any atom is 0.369 e. The highest BCUT2D eigenvalue weighted by Gasteiger charge is 2.18. The van der Waals surface area contributed by atoms with Crippen LogP contribution in [0.15, 0.2) is 50.0 Å². The Morgan fingerprint density at radius 1 is 1.34 bits per heavy atom. The number of nitrogens with zero attached hydrogens (tertiary/aromatic N) is 5. The van der Waals surface area contributed by atoms with E-state index < -0.39 is 5.97 Å². The van der Waals surface area contributed by atoms with Gasteiger partial charge in [0.1, 0.15) is 11.1 Å². The maximum atomic E-state index is 12.3. The van der Waals surface area contributed by atoms with Gasteiger partial charge in [-0.2, -0.15) is 5.10 Å². The van der Waals surface area contributed by atoms with E-state index in [-0.39, 0.29) is 22.9 Å². The van der Waals surface area contributed by atoms with Crippen LogP contribution in [0.5, 0.6) is 0 Å². The van der Waals surface area contributed by atoms with E-state index in [1.54, 1.807) is 45.0 Å². The van der Waals surface area contributed by atoms with Crippen LogP contribution >= 0.6 is 22.9 Å². The van der Waals surface area contributed by atoms with Gasteiger partial charge >= 0.3 is 5.97 Å². The third-order valence-electron chi connectivity index (χ3n) is 4.40. The number of carbonyl (C=O) groups excluding carboxylic acids is 1. The first kappa shape index (κ1) is 21.7. The summed E-state index contributed by atoms with van der Waals surface area (Å²) in [6, 6.07) is 6.88. The molecule has 0 fully saturated rings. The Kier molecular flexibility index (Phi) is 6.01. The van der Waals surface area contributed by atoms with Crippen LogP contribution in [-0.4, -0.2) is 38.0 Å². The van der Waals surface area contributed by atoms with Crippen molar-refractivity contribution in [3.05, 3.63) is 67.1 Å². The molecule has 0 bridgehead atoms. The molecule has 12 heteroatoms. The summed E-state index contributed by atoms with van der Waals surface area (Å²) in [5, 5.41) is 13.9. The number of esters is 1. The Morgan fingerprint density at radius 2 is 2.09 bits per heavy atom. The number of aromatic amines is 1. The highest BCUT2D eigenvalue weighted by Crippen LogP contribution is 2.21. The number of nitrogens with one attached hydrogen (secondary N) is 1. The number of H-pyrrole nitrogens is 1. The van der Waals surface area contributed by atoms with Crippen molar-refractivity contribution in [1.29, 1.82) is 0 Å². The van der Waals surface area contributed by atoms with Gasteiger partial charge in [-0.15, -0.1) is 10.2 Å². The number of benzene rings is 1. The van der Waals surface area contributed by atoms with Crippen molar-refractivity contribution in [3.8, 4) is 5.69 Å². The van der Waals surface area contributed by atoms with Gasteiger partial charge in [0, 0.05) is 5.02 Å². The molecule has 164 valence electrons. The number of aryl methyl sites for hydroxylation is 1. The average Bonchev–Trinajstić information content (AvgIpc) is 3.34. The number of hydrogen-bond acceptors (Lipinski definition) is 9. The van der Waals surface area contributed by atoms with Crippen molar-refractivity contribution in [2.24, 2.45) is 10.2 Å². The Balaban J connectivity index is 1.85. The van der Waals surface area contributed by atoms with Gasteiger partial charge in [-0.05, 0) is 45.0 Å². The van der Waals surface area contributed by atoms with Crippen LogP contribution in [0.4, 0.5) is 0 Å². The first-order valence-electron chi connectivity index (χ1n) is 9.47. The summed E-state index contributed by atoms with van der Waals surface area (Å²) in [6.07, 6.45) is 1.28. The number of hydrogen-bond donors (Lipinski definition) is 1. The molecule has 0 spiro atoms. The van der Waals surface area contributed by atoms with Gasteiger partial charge in [0.15, 0.2) is 0 Å². The molecule has 0 aliphatic heterocycles. The summed E-state index contributed by atoms with van der Waals surface area (Å²) in [7, 11) is 0. The van der Waals surface area contributed by atoms with Gasteiger partial charge in [-0.1, -0.05) is 22.9 Å². The number of halogens is 1. The van der Waals surface area contributed by atoms with Gasteiger partial charge in [0.05, 0.1) is 29.9 Å². The van der Waals surface area contributed by atoms with E-state index in [0.29, 0.717) is 37.9 Å². The lowest BCUT2D eigenvalue weighted by Gasteiger charge is -2.01. The Morgan fingerprint density at radius 3 is 2.81 bits per heavy atom. The Labute approximate surface area is 189 Å². The van der Waals surface area contributed by atoms with Gasteiger partial charge in [0.25, 0.3) is 5.56 Å². The average molecular weight is 473 g/mol. The van der Waals surface area contributed by atoms with Gasteiger partial charge in [-0.3, -0.25) is 4.79 Å². The topological polar surface area (TPSA) is 128 Å². The van der Waals surface area contributed by atoms with E-state index in [1.807, 2.05) is 0 Å². The molecule has 0 amide bonds. The predicted molar refractivity (Wildman–Crippen MR) is 120 cm³/mol. The molecule has 32 heavy (non-hydrogen) atoms. The van der Waals surface area contributed by atoms with Crippen LogP contribution in [0, 0.1) is 6.92 Å². The van der Waals surface area contributed by atoms with E-state index in [9.17, 15) is 9.59 Å². The largest absolute Gasteiger partial charge is 0.461 e. The normalized spacial score (nSPS) is 12.5. The molecule has 4 rings (SSSR count). The summed E-state index contributed by atoms with van der Waals surface area (Å²) in [5.41, 5.74) is 1.46. The molecular weight excluding hydrogens is 456 g/mol. The number of rotatable bonds is 5. The fourth-order valence-electron chi connectivity index (χ4n) is 3.03. The van der Waals surface area contributed by atoms with E-state index >= 15 is 0 Å². The summed E-state index contributed by atoms with van der Waals surface area (Å²) < 4.78 is 12.1. The molecule has 4 aromatic rings. The highest BCUT2D eigenvalue weighted by molar-refractivity contribution is 7.10. The van der Waals surface area contributed by atoms with Crippen LogP contribution in [0.1, 0.15) is 35.0 Å². The zero-order valence-electron chi connectivity index (χ0n) is 17.2. The van der Waals surface area contributed by atoms with Crippen molar-refractivity contribution >= 4 is 45.7 Å². The monoisotopic (exact) mass is 472 g/mol. The second kappa shape index (κ2) is 8.89. The van der Waals surface area contributed by atoms with E-state index in [4.69, 9.17) is 20.8 Å². The summed E-state index contributed by atoms with van der Waals surface area (Å²) in [5.74, 6) is -0.0700. The second-order valence-electron chi connectivity index (χ2n) is 6.53. The summed E-state index contributed by atoms with van der Waals surface area (Å²) in [4.78, 5) is 31.4. The minimum Gasteiger partial charge on any atom is -0.461 e. The fraction of sp³-hybridized carbons (Fsp3) is 0.200. The number of aromatic nitrogens is 4. The number of carbonyl (C=O) groups is 1. The molecule has 0 atom stereocenters. The first-order valence-corrected chi connectivity index (χ1v) is 10.7. The van der Waals surface area contributed by atoms with Crippen LogP contribution in [0.25, 0.3) is 16.8 Å².